The number of benzene rings is 1. The smallest absolute Gasteiger partial charge is 0.260 e. The van der Waals surface area contributed by atoms with E-state index in [0.29, 0.717) is 0 Å². The Morgan fingerprint density at radius 1 is 1.12 bits per heavy atom. The predicted octanol–water partition coefficient (Wildman–Crippen LogP) is 2.33. The maximum Gasteiger partial charge on any atom is 0.260 e. The molecular weight excluding hydrogens is 316 g/mol. The highest BCUT2D eigenvalue weighted by molar-refractivity contribution is 5.77. The predicted molar refractivity (Wildman–Crippen MR) is 97.9 cm³/mol. The number of piperidine rings is 1. The van der Waals surface area contributed by atoms with Gasteiger partial charge in [0.1, 0.15) is 5.75 Å². The summed E-state index contributed by atoms with van der Waals surface area (Å²) in [4.78, 5) is 16.8. The van der Waals surface area contributed by atoms with Crippen molar-refractivity contribution in [2.24, 2.45) is 5.92 Å². The standard InChI is InChI=1S/C20H30N2O3/c1-17-2-4-19(5-3-17)25-16-20(23)22-10-7-18(8-11-22)6-9-21-12-14-24-15-13-21/h2-5,18H,6-16H2,1H3. The van der Waals surface area contributed by atoms with E-state index in [9.17, 15) is 4.79 Å². The van der Waals surface area contributed by atoms with Crippen molar-refractivity contribution in [2.45, 2.75) is 26.2 Å². The Hall–Kier alpha value is -1.59. The minimum absolute atomic E-state index is 0.104. The van der Waals surface area contributed by atoms with Gasteiger partial charge < -0.3 is 14.4 Å². The molecule has 1 amide bonds. The molecule has 1 aromatic carbocycles. The minimum atomic E-state index is 0.104. The summed E-state index contributed by atoms with van der Waals surface area (Å²) < 4.78 is 11.0. The summed E-state index contributed by atoms with van der Waals surface area (Å²) >= 11 is 0. The molecule has 0 bridgehead atoms. The highest BCUT2D eigenvalue weighted by Crippen LogP contribution is 2.21. The molecule has 2 heterocycles. The number of hydrogen-bond acceptors (Lipinski definition) is 4. The molecule has 2 fully saturated rings. The summed E-state index contributed by atoms with van der Waals surface area (Å²) in [6.07, 6.45) is 3.46. The van der Waals surface area contributed by atoms with E-state index >= 15 is 0 Å². The van der Waals surface area contributed by atoms with Crippen LogP contribution in [0.3, 0.4) is 0 Å². The monoisotopic (exact) mass is 346 g/mol. The van der Waals surface area contributed by atoms with E-state index in [1.54, 1.807) is 0 Å². The zero-order valence-electron chi connectivity index (χ0n) is 15.3. The van der Waals surface area contributed by atoms with Gasteiger partial charge in [-0.15, -0.1) is 0 Å². The van der Waals surface area contributed by atoms with Gasteiger partial charge >= 0.3 is 0 Å². The van der Waals surface area contributed by atoms with Crippen LogP contribution in [0.25, 0.3) is 0 Å². The summed E-state index contributed by atoms with van der Waals surface area (Å²) in [5, 5.41) is 0. The van der Waals surface area contributed by atoms with Crippen molar-refractivity contribution in [1.82, 2.24) is 9.80 Å². The van der Waals surface area contributed by atoms with Crippen LogP contribution >= 0.6 is 0 Å². The fourth-order valence-electron chi connectivity index (χ4n) is 3.53. The lowest BCUT2D eigenvalue weighted by Gasteiger charge is -2.34. The first kappa shape index (κ1) is 18.2. The second-order valence-electron chi connectivity index (χ2n) is 7.17. The molecule has 5 nitrogen and oxygen atoms in total. The van der Waals surface area contributed by atoms with E-state index in [-0.39, 0.29) is 12.5 Å². The van der Waals surface area contributed by atoms with E-state index in [1.807, 2.05) is 36.1 Å². The lowest BCUT2D eigenvalue weighted by atomic mass is 9.93. The molecule has 0 aromatic heterocycles. The van der Waals surface area contributed by atoms with Crippen LogP contribution in [-0.4, -0.2) is 68.3 Å². The second-order valence-corrected chi connectivity index (χ2v) is 7.17. The largest absolute Gasteiger partial charge is 0.484 e. The average Bonchev–Trinajstić information content (AvgIpc) is 2.67. The van der Waals surface area contributed by atoms with Crippen LogP contribution < -0.4 is 4.74 Å². The first-order valence-corrected chi connectivity index (χ1v) is 9.48. The number of amides is 1. The summed E-state index contributed by atoms with van der Waals surface area (Å²) in [5.74, 6) is 1.61. The normalized spacial score (nSPS) is 19.8. The van der Waals surface area contributed by atoms with Crippen LogP contribution in [-0.2, 0) is 9.53 Å². The molecule has 1 aromatic rings. The Kier molecular flexibility index (Phi) is 6.70. The van der Waals surface area contributed by atoms with Gasteiger partial charge in [-0.25, -0.2) is 0 Å². The fraction of sp³-hybridized carbons (Fsp3) is 0.650. The maximum atomic E-state index is 12.3. The van der Waals surface area contributed by atoms with E-state index in [0.717, 1.165) is 63.9 Å². The molecule has 2 aliphatic heterocycles. The van der Waals surface area contributed by atoms with Gasteiger partial charge in [-0.05, 0) is 50.8 Å². The summed E-state index contributed by atoms with van der Waals surface area (Å²) in [7, 11) is 0. The zero-order chi connectivity index (χ0) is 17.5. The molecule has 25 heavy (non-hydrogen) atoms. The van der Waals surface area contributed by atoms with Crippen molar-refractivity contribution in [3.8, 4) is 5.75 Å². The third-order valence-electron chi connectivity index (χ3n) is 5.31. The number of hydrogen-bond donors (Lipinski definition) is 0. The lowest BCUT2D eigenvalue weighted by Crippen LogP contribution is -2.42. The van der Waals surface area contributed by atoms with Crippen LogP contribution in [0, 0.1) is 12.8 Å². The lowest BCUT2D eigenvalue weighted by molar-refractivity contribution is -0.134. The molecule has 138 valence electrons. The van der Waals surface area contributed by atoms with Crippen LogP contribution in [0.5, 0.6) is 5.75 Å². The Bertz CT molecular complexity index is 532. The first-order chi connectivity index (χ1) is 12.2. The number of rotatable bonds is 6. The summed E-state index contributed by atoms with van der Waals surface area (Å²) in [6.45, 7) is 8.94. The van der Waals surface area contributed by atoms with Crippen LogP contribution in [0.2, 0.25) is 0 Å². The molecule has 3 rings (SSSR count). The number of likely N-dealkylation sites (tertiary alicyclic amines) is 1. The molecule has 2 aliphatic rings. The third kappa shape index (κ3) is 5.72. The second kappa shape index (κ2) is 9.20. The van der Waals surface area contributed by atoms with Gasteiger partial charge in [0.05, 0.1) is 13.2 Å². The van der Waals surface area contributed by atoms with Crippen molar-refractivity contribution < 1.29 is 14.3 Å². The van der Waals surface area contributed by atoms with Gasteiger partial charge in [-0.2, -0.15) is 0 Å². The number of carbonyl (C=O) groups is 1. The fourth-order valence-corrected chi connectivity index (χ4v) is 3.53. The van der Waals surface area contributed by atoms with E-state index in [1.165, 1.54) is 18.5 Å². The van der Waals surface area contributed by atoms with Crippen LogP contribution in [0.4, 0.5) is 0 Å². The van der Waals surface area contributed by atoms with Crippen molar-refractivity contribution in [3.05, 3.63) is 29.8 Å². The van der Waals surface area contributed by atoms with Crippen LogP contribution in [0.1, 0.15) is 24.8 Å². The molecule has 0 spiro atoms. The summed E-state index contributed by atoms with van der Waals surface area (Å²) in [6, 6.07) is 7.83. The zero-order valence-corrected chi connectivity index (χ0v) is 15.3. The molecule has 2 saturated heterocycles. The molecule has 5 heteroatoms. The number of ether oxygens (including phenoxy) is 2. The van der Waals surface area contributed by atoms with Gasteiger partial charge in [0, 0.05) is 26.2 Å². The SMILES string of the molecule is Cc1ccc(OCC(=O)N2CCC(CCN3CCOCC3)CC2)cc1. The Morgan fingerprint density at radius 2 is 1.80 bits per heavy atom. The molecule has 0 radical (unpaired) electrons. The summed E-state index contributed by atoms with van der Waals surface area (Å²) in [5.41, 5.74) is 1.19. The van der Waals surface area contributed by atoms with Gasteiger partial charge in [-0.3, -0.25) is 9.69 Å². The number of nitrogens with zero attached hydrogens (tertiary/aromatic N) is 2. The van der Waals surface area contributed by atoms with Gasteiger partial charge in [-0.1, -0.05) is 17.7 Å². The van der Waals surface area contributed by atoms with Crippen LogP contribution in [0.15, 0.2) is 24.3 Å². The molecule has 0 N–H and O–H groups in total. The molecule has 0 unspecified atom stereocenters. The van der Waals surface area contributed by atoms with E-state index < -0.39 is 0 Å². The van der Waals surface area contributed by atoms with Gasteiger partial charge in [0.2, 0.25) is 0 Å². The Morgan fingerprint density at radius 3 is 2.48 bits per heavy atom. The molecule has 0 saturated carbocycles. The average molecular weight is 346 g/mol. The maximum absolute atomic E-state index is 12.3. The Balaban J connectivity index is 1.33. The van der Waals surface area contributed by atoms with Crippen molar-refractivity contribution in [2.75, 3.05) is 52.5 Å². The van der Waals surface area contributed by atoms with Gasteiger partial charge in [0.25, 0.3) is 5.91 Å². The molecule has 0 aliphatic carbocycles. The minimum Gasteiger partial charge on any atom is -0.484 e. The van der Waals surface area contributed by atoms with Crippen molar-refractivity contribution in [1.29, 1.82) is 0 Å². The number of carbonyl (C=O) groups excluding carboxylic acids is 1. The highest BCUT2D eigenvalue weighted by Gasteiger charge is 2.23. The molecule has 0 atom stereocenters. The first-order valence-electron chi connectivity index (χ1n) is 9.48. The van der Waals surface area contributed by atoms with Crippen molar-refractivity contribution in [3.63, 3.8) is 0 Å². The third-order valence-corrected chi connectivity index (χ3v) is 5.31. The topological polar surface area (TPSA) is 42.0 Å². The number of morpholine rings is 1. The van der Waals surface area contributed by atoms with E-state index in [4.69, 9.17) is 9.47 Å². The van der Waals surface area contributed by atoms with Gasteiger partial charge in [0.15, 0.2) is 6.61 Å². The quantitative estimate of drug-likeness (QED) is 0.793. The number of aryl methyl sites for hydroxylation is 1. The van der Waals surface area contributed by atoms with Crippen molar-refractivity contribution >= 4 is 5.91 Å². The Labute approximate surface area is 150 Å². The van der Waals surface area contributed by atoms with E-state index in [2.05, 4.69) is 4.90 Å². The highest BCUT2D eigenvalue weighted by atomic mass is 16.5. The molecular formula is C20H30N2O3.